The van der Waals surface area contributed by atoms with Gasteiger partial charge in [0.25, 0.3) is 0 Å². The van der Waals surface area contributed by atoms with Crippen molar-refractivity contribution in [3.05, 3.63) is 84.4 Å². The van der Waals surface area contributed by atoms with Crippen LogP contribution in [0.2, 0.25) is 0 Å². The number of nitrogens with zero attached hydrogens (tertiary/aromatic N) is 2. The molecular weight excluding hydrogens is 425 g/mol. The molecule has 2 aromatic carbocycles. The molecule has 0 aliphatic rings. The van der Waals surface area contributed by atoms with Gasteiger partial charge in [-0.15, -0.1) is 5.10 Å². The molecule has 0 unspecified atom stereocenters. The Hall–Kier alpha value is -4.07. The molecule has 0 bridgehead atoms. The molecule has 0 saturated heterocycles. The van der Waals surface area contributed by atoms with Crippen LogP contribution in [-0.4, -0.2) is 21.5 Å². The fourth-order valence-corrected chi connectivity index (χ4v) is 3.06. The molecule has 4 aromatic rings. The van der Waals surface area contributed by atoms with E-state index in [1.54, 1.807) is 45.0 Å². The molecule has 0 aliphatic heterocycles. The number of rotatable bonds is 6. The largest absolute Gasteiger partial charge is 0.486 e. The van der Waals surface area contributed by atoms with E-state index in [9.17, 15) is 9.18 Å². The molecule has 2 aromatic heterocycles. The maximum absolute atomic E-state index is 14.3. The van der Waals surface area contributed by atoms with E-state index in [1.807, 2.05) is 30.3 Å². The zero-order chi connectivity index (χ0) is 23.4. The van der Waals surface area contributed by atoms with Gasteiger partial charge in [-0.05, 0) is 50.6 Å². The predicted octanol–water partition coefficient (Wildman–Crippen LogP) is 6.39. The van der Waals surface area contributed by atoms with Gasteiger partial charge in [0.05, 0.1) is 6.26 Å². The maximum atomic E-state index is 14.3. The smallest absolute Gasteiger partial charge is 0.435 e. The minimum absolute atomic E-state index is 0.0988. The first-order chi connectivity index (χ1) is 15.8. The van der Waals surface area contributed by atoms with Crippen LogP contribution in [0, 0.1) is 5.82 Å². The highest BCUT2D eigenvalue weighted by atomic mass is 19.1. The summed E-state index contributed by atoms with van der Waals surface area (Å²) in [6, 6.07) is 19.0. The summed E-state index contributed by atoms with van der Waals surface area (Å²) >= 11 is 0. The number of halogens is 1. The molecule has 0 fully saturated rings. The number of benzene rings is 2. The third kappa shape index (κ3) is 5.60. The number of furan rings is 1. The predicted molar refractivity (Wildman–Crippen MR) is 122 cm³/mol. The summed E-state index contributed by atoms with van der Waals surface area (Å²) in [6.45, 7) is 5.55. The van der Waals surface area contributed by atoms with Crippen LogP contribution in [0.5, 0.6) is 5.75 Å². The van der Waals surface area contributed by atoms with E-state index in [-0.39, 0.29) is 12.4 Å². The molecule has 0 spiro atoms. The second-order valence-electron chi connectivity index (χ2n) is 8.33. The highest BCUT2D eigenvalue weighted by Crippen LogP contribution is 2.29. The van der Waals surface area contributed by atoms with E-state index in [4.69, 9.17) is 13.9 Å². The molecule has 0 amide bonds. The van der Waals surface area contributed by atoms with Crippen molar-refractivity contribution in [2.75, 3.05) is 5.32 Å². The van der Waals surface area contributed by atoms with Crippen molar-refractivity contribution in [3.8, 4) is 17.2 Å². The first-order valence-electron chi connectivity index (χ1n) is 10.4. The highest BCUT2D eigenvalue weighted by molar-refractivity contribution is 5.78. The van der Waals surface area contributed by atoms with Crippen molar-refractivity contribution in [2.45, 2.75) is 33.0 Å². The Morgan fingerprint density at radius 2 is 1.88 bits per heavy atom. The number of aromatic nitrogens is 2. The number of carbonyl (C=O) groups is 1. The summed E-state index contributed by atoms with van der Waals surface area (Å²) in [5.74, 6) is 0.425. The average Bonchev–Trinajstić information content (AvgIpc) is 3.43. The molecule has 0 saturated carbocycles. The molecule has 4 rings (SSSR count). The summed E-state index contributed by atoms with van der Waals surface area (Å²) in [5.41, 5.74) is 1.19. The summed E-state index contributed by atoms with van der Waals surface area (Å²) in [7, 11) is 0. The van der Waals surface area contributed by atoms with Gasteiger partial charge in [-0.25, -0.2) is 9.18 Å². The van der Waals surface area contributed by atoms with Crippen LogP contribution in [0.25, 0.3) is 11.5 Å². The van der Waals surface area contributed by atoms with Gasteiger partial charge in [0.1, 0.15) is 17.9 Å². The number of hydrogen-bond acceptors (Lipinski definition) is 6. The molecule has 7 nitrogen and oxygen atoms in total. The van der Waals surface area contributed by atoms with Crippen LogP contribution >= 0.6 is 0 Å². The summed E-state index contributed by atoms with van der Waals surface area (Å²) in [5, 5.41) is 7.41. The van der Waals surface area contributed by atoms with Crippen LogP contribution in [0.1, 0.15) is 26.3 Å². The van der Waals surface area contributed by atoms with Gasteiger partial charge >= 0.3 is 6.09 Å². The van der Waals surface area contributed by atoms with Gasteiger partial charge in [0, 0.05) is 17.8 Å². The average molecular weight is 449 g/mol. The fraction of sp³-hybridized carbons (Fsp3) is 0.200. The normalized spacial score (nSPS) is 11.3. The van der Waals surface area contributed by atoms with Crippen LogP contribution in [0.3, 0.4) is 0 Å². The first kappa shape index (κ1) is 22.1. The lowest BCUT2D eigenvalue weighted by Crippen LogP contribution is -2.28. The third-order valence-electron chi connectivity index (χ3n) is 4.49. The Bertz CT molecular complexity index is 1230. The van der Waals surface area contributed by atoms with E-state index < -0.39 is 17.5 Å². The van der Waals surface area contributed by atoms with Crippen molar-refractivity contribution < 1.29 is 23.1 Å². The Labute approximate surface area is 190 Å². The quantitative estimate of drug-likeness (QED) is 0.368. The number of carbonyl (C=O) groups excluding carboxylic acids is 1. The molecule has 33 heavy (non-hydrogen) atoms. The molecule has 0 radical (unpaired) electrons. The fourth-order valence-electron chi connectivity index (χ4n) is 3.06. The zero-order valence-corrected chi connectivity index (χ0v) is 18.5. The lowest BCUT2D eigenvalue weighted by molar-refractivity contribution is 0.0517. The van der Waals surface area contributed by atoms with Gasteiger partial charge in [-0.2, -0.15) is 4.68 Å². The summed E-state index contributed by atoms with van der Waals surface area (Å²) in [4.78, 5) is 12.7. The molecule has 0 aliphatic carbocycles. The Morgan fingerprint density at radius 1 is 1.09 bits per heavy atom. The number of hydrogen-bond donors (Lipinski definition) is 1. The molecule has 170 valence electrons. The Balaban J connectivity index is 1.57. The summed E-state index contributed by atoms with van der Waals surface area (Å²) in [6.07, 6.45) is 0.860. The van der Waals surface area contributed by atoms with Crippen LogP contribution in [0.15, 0.2) is 77.4 Å². The van der Waals surface area contributed by atoms with Crippen molar-refractivity contribution in [1.29, 1.82) is 0 Å². The van der Waals surface area contributed by atoms with Gasteiger partial charge in [-0.3, -0.25) is 0 Å². The van der Waals surface area contributed by atoms with E-state index >= 15 is 0 Å². The molecule has 0 atom stereocenters. The van der Waals surface area contributed by atoms with Crippen molar-refractivity contribution in [3.63, 3.8) is 0 Å². The van der Waals surface area contributed by atoms with Crippen molar-refractivity contribution in [1.82, 2.24) is 9.78 Å². The Kier molecular flexibility index (Phi) is 6.17. The Morgan fingerprint density at radius 3 is 2.58 bits per heavy atom. The molecule has 2 heterocycles. The summed E-state index contributed by atoms with van der Waals surface area (Å²) < 4.78 is 32.0. The van der Waals surface area contributed by atoms with Gasteiger partial charge < -0.3 is 19.2 Å². The van der Waals surface area contributed by atoms with E-state index in [2.05, 4.69) is 10.4 Å². The molecule has 8 heteroatoms. The number of anilines is 2. The van der Waals surface area contributed by atoms with Crippen LogP contribution < -0.4 is 10.1 Å². The standard InChI is InChI=1S/C25H24FN3O4/c1-25(2,3)33-24(30)29-20(21-10-7-13-31-21)15-23(28-29)27-18-11-12-19(26)22(14-18)32-16-17-8-5-4-6-9-17/h4-15H,16H2,1-3H3,(H,27,28). The minimum atomic E-state index is -0.695. The minimum Gasteiger partial charge on any atom is -0.486 e. The third-order valence-corrected chi connectivity index (χ3v) is 4.49. The maximum Gasteiger partial charge on any atom is 0.435 e. The highest BCUT2D eigenvalue weighted by Gasteiger charge is 2.23. The zero-order valence-electron chi connectivity index (χ0n) is 18.5. The molecule has 1 N–H and O–H groups in total. The van der Waals surface area contributed by atoms with Crippen LogP contribution in [-0.2, 0) is 11.3 Å². The second-order valence-corrected chi connectivity index (χ2v) is 8.33. The van der Waals surface area contributed by atoms with E-state index in [1.165, 1.54) is 18.4 Å². The number of ether oxygens (including phenoxy) is 2. The van der Waals surface area contributed by atoms with Gasteiger partial charge in [0.15, 0.2) is 23.1 Å². The van der Waals surface area contributed by atoms with E-state index in [0.717, 1.165) is 10.2 Å². The molecular formula is C25H24FN3O4. The van der Waals surface area contributed by atoms with E-state index in [0.29, 0.717) is 23.0 Å². The lowest BCUT2D eigenvalue weighted by atomic mass is 10.2. The van der Waals surface area contributed by atoms with Gasteiger partial charge in [-0.1, -0.05) is 30.3 Å². The van der Waals surface area contributed by atoms with Crippen molar-refractivity contribution >= 4 is 17.6 Å². The lowest BCUT2D eigenvalue weighted by Gasteiger charge is -2.19. The van der Waals surface area contributed by atoms with Gasteiger partial charge in [0.2, 0.25) is 0 Å². The second kappa shape index (κ2) is 9.20. The monoisotopic (exact) mass is 449 g/mol. The van der Waals surface area contributed by atoms with Crippen molar-refractivity contribution in [2.24, 2.45) is 0 Å². The topological polar surface area (TPSA) is 78.5 Å². The van der Waals surface area contributed by atoms with Crippen LogP contribution in [0.4, 0.5) is 20.7 Å². The number of nitrogens with one attached hydrogen (secondary N) is 1. The SMILES string of the molecule is CC(C)(C)OC(=O)n1nc(Nc2ccc(F)c(OCc3ccccc3)c2)cc1-c1ccco1. The first-order valence-corrected chi connectivity index (χ1v) is 10.4.